The van der Waals surface area contributed by atoms with Crippen molar-refractivity contribution in [3.05, 3.63) is 89.2 Å². The van der Waals surface area contributed by atoms with Gasteiger partial charge >= 0.3 is 0 Å². The summed E-state index contributed by atoms with van der Waals surface area (Å²) in [6.45, 7) is 5.89. The summed E-state index contributed by atoms with van der Waals surface area (Å²) in [5, 5.41) is 14.3. The maximum absolute atomic E-state index is 13.6. The lowest BCUT2D eigenvalue weighted by atomic mass is 9.80. The second-order valence-corrected chi connectivity index (χ2v) is 11.7. The van der Waals surface area contributed by atoms with Gasteiger partial charge < -0.3 is 15.2 Å². The average Bonchev–Trinajstić information content (AvgIpc) is 3.64. The number of aliphatic hydroxyl groups excluding tert-OH is 1. The zero-order valence-electron chi connectivity index (χ0n) is 20.4. The summed E-state index contributed by atoms with van der Waals surface area (Å²) in [6.07, 6.45) is 2.97. The number of nitrogens with zero attached hydrogens (tertiary/aromatic N) is 2. The summed E-state index contributed by atoms with van der Waals surface area (Å²) in [6, 6.07) is 15.4. The van der Waals surface area contributed by atoms with E-state index in [0.717, 1.165) is 17.5 Å². The van der Waals surface area contributed by atoms with Gasteiger partial charge in [-0.2, -0.15) is 4.31 Å². The molecule has 5 rings (SSSR count). The minimum absolute atomic E-state index is 0.0912. The van der Waals surface area contributed by atoms with Gasteiger partial charge in [-0.1, -0.05) is 19.1 Å². The molecule has 3 aromatic rings. The molecule has 36 heavy (non-hydrogen) atoms. The zero-order chi connectivity index (χ0) is 25.7. The van der Waals surface area contributed by atoms with Crippen molar-refractivity contribution in [2.24, 2.45) is 0 Å². The van der Waals surface area contributed by atoms with Crippen LogP contribution in [0, 0.1) is 0 Å². The normalized spacial score (nSPS) is 24.0. The smallest absolute Gasteiger partial charge is 0.251 e. The highest BCUT2D eigenvalue weighted by Crippen LogP contribution is 2.57. The largest absolute Gasteiger partial charge is 0.485 e. The highest BCUT2D eigenvalue weighted by molar-refractivity contribution is 7.89. The molecule has 2 unspecified atom stereocenters. The van der Waals surface area contributed by atoms with Crippen molar-refractivity contribution >= 4 is 15.9 Å². The number of aliphatic hydroxyl groups is 1. The number of fused-ring (bicyclic) bond motifs is 2. The molecule has 0 aliphatic carbocycles. The number of sulfonamides is 1. The van der Waals surface area contributed by atoms with Crippen LogP contribution in [0.25, 0.3) is 0 Å². The monoisotopic (exact) mass is 507 g/mol. The molecule has 2 aromatic carbocycles. The van der Waals surface area contributed by atoms with E-state index in [4.69, 9.17) is 4.74 Å². The molecule has 2 aliphatic heterocycles. The second-order valence-electron chi connectivity index (χ2n) is 9.79. The fraction of sp³-hybridized carbons (Fsp3) is 0.333. The molecule has 1 spiro atoms. The SMILES string of the molecule is CCc1ccc(S(=O)(=O)N2CC23c2cc(C(=O)NCc4ccncc4)ccc2OC(C)(C)[C@H]3O)cc1. The molecular formula is C27H29N3O5S. The van der Waals surface area contributed by atoms with Crippen molar-refractivity contribution in [2.75, 3.05) is 6.54 Å². The van der Waals surface area contributed by atoms with Crippen LogP contribution < -0.4 is 10.1 Å². The molecule has 9 heteroatoms. The minimum Gasteiger partial charge on any atom is -0.485 e. The van der Waals surface area contributed by atoms with E-state index in [1.54, 1.807) is 68.7 Å². The Bertz CT molecular complexity index is 1410. The van der Waals surface area contributed by atoms with Gasteiger partial charge in [0.15, 0.2) is 0 Å². The maximum Gasteiger partial charge on any atom is 0.251 e. The molecule has 0 saturated carbocycles. The van der Waals surface area contributed by atoms with E-state index in [-0.39, 0.29) is 17.3 Å². The summed E-state index contributed by atoms with van der Waals surface area (Å²) in [5.74, 6) is 0.143. The van der Waals surface area contributed by atoms with Gasteiger partial charge in [-0.15, -0.1) is 0 Å². The number of benzene rings is 2. The quantitative estimate of drug-likeness (QED) is 0.497. The summed E-state index contributed by atoms with van der Waals surface area (Å²) in [4.78, 5) is 17.1. The number of hydrogen-bond donors (Lipinski definition) is 2. The first-order valence-corrected chi connectivity index (χ1v) is 13.3. The fourth-order valence-corrected chi connectivity index (χ4v) is 6.62. The van der Waals surface area contributed by atoms with Crippen molar-refractivity contribution in [2.45, 2.75) is 55.9 Å². The van der Waals surface area contributed by atoms with Gasteiger partial charge in [0.25, 0.3) is 5.91 Å². The summed E-state index contributed by atoms with van der Waals surface area (Å²) >= 11 is 0. The van der Waals surface area contributed by atoms with Gasteiger partial charge in [-0.05, 0) is 73.9 Å². The Kier molecular flexibility index (Phi) is 5.89. The number of ether oxygens (including phenoxy) is 1. The molecule has 1 fully saturated rings. The van der Waals surface area contributed by atoms with Crippen molar-refractivity contribution in [3.63, 3.8) is 0 Å². The molecule has 1 saturated heterocycles. The highest BCUT2D eigenvalue weighted by atomic mass is 32.2. The van der Waals surface area contributed by atoms with Gasteiger partial charge in [-0.25, -0.2) is 8.42 Å². The van der Waals surface area contributed by atoms with E-state index in [1.807, 2.05) is 19.1 Å². The first-order valence-electron chi connectivity index (χ1n) is 11.9. The van der Waals surface area contributed by atoms with Crippen LogP contribution in [0.5, 0.6) is 5.75 Å². The first-order chi connectivity index (χ1) is 17.1. The predicted molar refractivity (Wildman–Crippen MR) is 134 cm³/mol. The van der Waals surface area contributed by atoms with Crippen LogP contribution >= 0.6 is 0 Å². The van der Waals surface area contributed by atoms with Crippen molar-refractivity contribution in [1.29, 1.82) is 0 Å². The molecule has 1 amide bonds. The molecule has 8 nitrogen and oxygen atoms in total. The third kappa shape index (κ3) is 3.97. The van der Waals surface area contributed by atoms with E-state index in [9.17, 15) is 18.3 Å². The van der Waals surface area contributed by atoms with Crippen LogP contribution in [0.15, 0.2) is 71.9 Å². The standard InChI is InChI=1S/C27H29N3O5S/c1-4-18-5-8-21(9-6-18)36(33,34)30-17-27(30)22-15-20(7-10-23(22)35-26(2,3)25(27)32)24(31)29-16-19-11-13-28-14-12-19/h5-15,25,32H,4,16-17H2,1-3H3,(H,29,31)/t25-,27?,30?/m1/s1. The molecule has 2 aliphatic rings. The lowest BCUT2D eigenvalue weighted by Crippen LogP contribution is -2.55. The van der Waals surface area contributed by atoms with E-state index in [1.165, 1.54) is 4.31 Å². The van der Waals surface area contributed by atoms with Crippen LogP contribution in [0.1, 0.15) is 47.8 Å². The number of carbonyl (C=O) groups is 1. The number of hydrogen-bond acceptors (Lipinski definition) is 6. The van der Waals surface area contributed by atoms with E-state index in [2.05, 4.69) is 10.3 Å². The van der Waals surface area contributed by atoms with Crippen LogP contribution in [-0.4, -0.2) is 47.0 Å². The summed E-state index contributed by atoms with van der Waals surface area (Å²) in [7, 11) is -3.89. The molecule has 0 bridgehead atoms. The summed E-state index contributed by atoms with van der Waals surface area (Å²) in [5.41, 5.74) is 0.528. The number of aryl methyl sites for hydroxylation is 1. The second kappa shape index (κ2) is 8.69. The van der Waals surface area contributed by atoms with Crippen LogP contribution in [-0.2, 0) is 28.5 Å². The molecule has 2 N–H and O–H groups in total. The molecule has 1 aromatic heterocycles. The number of pyridine rings is 1. The Balaban J connectivity index is 1.49. The van der Waals surface area contributed by atoms with Gasteiger partial charge in [-0.3, -0.25) is 9.78 Å². The molecular weight excluding hydrogens is 478 g/mol. The number of nitrogens with one attached hydrogen (secondary N) is 1. The Morgan fingerprint density at radius 3 is 2.47 bits per heavy atom. The minimum atomic E-state index is -3.89. The van der Waals surface area contributed by atoms with Gasteiger partial charge in [0.2, 0.25) is 10.0 Å². The third-order valence-electron chi connectivity index (χ3n) is 7.04. The number of aromatic nitrogens is 1. The molecule has 3 atom stereocenters. The predicted octanol–water partition coefficient (Wildman–Crippen LogP) is 3.01. The Morgan fingerprint density at radius 2 is 1.81 bits per heavy atom. The lowest BCUT2D eigenvalue weighted by molar-refractivity contribution is -0.0720. The molecule has 188 valence electrons. The van der Waals surface area contributed by atoms with Crippen molar-refractivity contribution < 1.29 is 23.1 Å². The molecule has 0 radical (unpaired) electrons. The fourth-order valence-electron chi connectivity index (χ4n) is 4.89. The highest BCUT2D eigenvalue weighted by Gasteiger charge is 2.70. The number of carbonyl (C=O) groups excluding carboxylic acids is 1. The lowest BCUT2D eigenvalue weighted by Gasteiger charge is -2.42. The van der Waals surface area contributed by atoms with Crippen molar-refractivity contribution in [1.82, 2.24) is 14.6 Å². The van der Waals surface area contributed by atoms with E-state index in [0.29, 0.717) is 23.4 Å². The van der Waals surface area contributed by atoms with E-state index < -0.39 is 27.3 Å². The van der Waals surface area contributed by atoms with Gasteiger partial charge in [0, 0.05) is 36.6 Å². The Labute approximate surface area is 211 Å². The van der Waals surface area contributed by atoms with Crippen LogP contribution in [0.4, 0.5) is 0 Å². The Hall–Kier alpha value is -3.27. The van der Waals surface area contributed by atoms with Gasteiger partial charge in [0.1, 0.15) is 23.0 Å². The topological polar surface area (TPSA) is 109 Å². The number of rotatable bonds is 6. The zero-order valence-corrected chi connectivity index (χ0v) is 21.2. The molecule has 3 heterocycles. The van der Waals surface area contributed by atoms with E-state index >= 15 is 0 Å². The third-order valence-corrected chi connectivity index (χ3v) is 8.94. The average molecular weight is 508 g/mol. The van der Waals surface area contributed by atoms with Crippen LogP contribution in [0.2, 0.25) is 0 Å². The maximum atomic E-state index is 13.6. The Morgan fingerprint density at radius 1 is 1.11 bits per heavy atom. The number of amides is 1. The van der Waals surface area contributed by atoms with Gasteiger partial charge in [0.05, 0.1) is 4.90 Å². The van der Waals surface area contributed by atoms with Crippen LogP contribution in [0.3, 0.4) is 0 Å². The summed E-state index contributed by atoms with van der Waals surface area (Å²) < 4.78 is 34.6. The van der Waals surface area contributed by atoms with Crippen molar-refractivity contribution in [3.8, 4) is 5.75 Å². The first kappa shape index (κ1) is 24.4.